The van der Waals surface area contributed by atoms with E-state index in [-0.39, 0.29) is 0 Å². The van der Waals surface area contributed by atoms with E-state index in [2.05, 4.69) is 0 Å². The molecule has 0 fully saturated rings. The topological polar surface area (TPSA) is 17.1 Å². The summed E-state index contributed by atoms with van der Waals surface area (Å²) in [5, 5.41) is 0. The second-order valence-corrected chi connectivity index (χ2v) is 1.49. The summed E-state index contributed by atoms with van der Waals surface area (Å²) in [7, 11) is 0. The Balaban J connectivity index is 3.79. The van der Waals surface area contributed by atoms with Crippen LogP contribution in [-0.2, 0) is 4.79 Å². The molecule has 0 aromatic rings. The summed E-state index contributed by atoms with van der Waals surface area (Å²) in [6.45, 7) is 0. The smallest absolute Gasteiger partial charge is 0.276 e. The minimum atomic E-state index is -4.72. The Kier molecular flexibility index (Phi) is 1.80. The molecule has 0 spiro atoms. The number of carbonyl (C=O) groups excluding carboxylic acids is 1. The van der Waals surface area contributed by atoms with Crippen LogP contribution >= 0.6 is 15.9 Å². The van der Waals surface area contributed by atoms with Gasteiger partial charge in [0.2, 0.25) is 0 Å². The third-order valence-corrected chi connectivity index (χ3v) is 0.672. The molecule has 5 heteroatoms. The first kappa shape index (κ1) is 6.94. The molecule has 42 valence electrons. The first-order chi connectivity index (χ1) is 2.94. The predicted molar refractivity (Wildman–Crippen MR) is 20.0 cm³/mol. The Bertz CT molecular complexity index is 85.4. The fourth-order valence-electron chi connectivity index (χ4n) is 0. The molecular formula is C2BrF3O. The van der Waals surface area contributed by atoms with Crippen molar-refractivity contribution in [3.05, 3.63) is 0 Å². The average molecular weight is 177 g/mol. The SMILES string of the molecule is O=C(Br)C(F)(F)F. The van der Waals surface area contributed by atoms with Gasteiger partial charge in [-0.25, -0.2) is 0 Å². The molecule has 7 heavy (non-hydrogen) atoms. The van der Waals surface area contributed by atoms with Crippen LogP contribution in [0.5, 0.6) is 0 Å². The Morgan fingerprint density at radius 1 is 1.43 bits per heavy atom. The van der Waals surface area contributed by atoms with Crippen molar-refractivity contribution in [1.82, 2.24) is 0 Å². The van der Waals surface area contributed by atoms with Gasteiger partial charge < -0.3 is 0 Å². The molecule has 0 N–H and O–H groups in total. The standard InChI is InChI=1S/C2BrF3O/c3-1(7)2(4,5)6. The Morgan fingerprint density at radius 2 is 1.57 bits per heavy atom. The van der Waals surface area contributed by atoms with Crippen LogP contribution in [0.3, 0.4) is 0 Å². The normalized spacial score (nSPS) is 11.4. The highest BCUT2D eigenvalue weighted by atomic mass is 79.9. The van der Waals surface area contributed by atoms with E-state index in [4.69, 9.17) is 0 Å². The molecule has 0 heterocycles. The average Bonchev–Trinajstić information content (AvgIpc) is 1.31. The van der Waals surface area contributed by atoms with Gasteiger partial charge in [-0.15, -0.1) is 0 Å². The van der Waals surface area contributed by atoms with Crippen molar-refractivity contribution >= 4 is 20.6 Å². The summed E-state index contributed by atoms with van der Waals surface area (Å²) in [6.07, 6.45) is -4.72. The number of hydrogen-bond acceptors (Lipinski definition) is 1. The molecule has 0 amide bonds. The molecule has 0 aromatic heterocycles. The Hall–Kier alpha value is -0.0600. The number of carbonyl (C=O) groups is 1. The molecule has 0 radical (unpaired) electrons. The highest BCUT2D eigenvalue weighted by Crippen LogP contribution is 2.18. The molecule has 0 unspecified atom stereocenters. The van der Waals surface area contributed by atoms with Crippen molar-refractivity contribution < 1.29 is 18.0 Å². The van der Waals surface area contributed by atoms with Crippen LogP contribution in [0.1, 0.15) is 0 Å². The van der Waals surface area contributed by atoms with Crippen LogP contribution < -0.4 is 0 Å². The van der Waals surface area contributed by atoms with Crippen LogP contribution in [-0.4, -0.2) is 10.9 Å². The lowest BCUT2D eigenvalue weighted by Gasteiger charge is -1.93. The van der Waals surface area contributed by atoms with Crippen molar-refractivity contribution in [3.8, 4) is 0 Å². The molecule has 0 aliphatic carbocycles. The first-order valence-corrected chi connectivity index (χ1v) is 2.00. The van der Waals surface area contributed by atoms with Crippen molar-refractivity contribution in [3.63, 3.8) is 0 Å². The third kappa shape index (κ3) is 2.61. The fraction of sp³-hybridized carbons (Fsp3) is 0.500. The third-order valence-electron chi connectivity index (χ3n) is 0.223. The van der Waals surface area contributed by atoms with Gasteiger partial charge in [0.15, 0.2) is 0 Å². The van der Waals surface area contributed by atoms with Crippen molar-refractivity contribution in [1.29, 1.82) is 0 Å². The van der Waals surface area contributed by atoms with Gasteiger partial charge >= 0.3 is 10.9 Å². The van der Waals surface area contributed by atoms with Crippen molar-refractivity contribution in [2.45, 2.75) is 6.18 Å². The molecule has 0 aliphatic heterocycles. The second-order valence-electron chi connectivity index (χ2n) is 0.771. The van der Waals surface area contributed by atoms with Gasteiger partial charge in [0.1, 0.15) is 0 Å². The monoisotopic (exact) mass is 176 g/mol. The highest BCUT2D eigenvalue weighted by molar-refractivity contribution is 9.18. The van der Waals surface area contributed by atoms with E-state index in [0.29, 0.717) is 0 Å². The van der Waals surface area contributed by atoms with E-state index in [9.17, 15) is 18.0 Å². The molecule has 0 aromatic carbocycles. The minimum absolute atomic E-state index is 1.73. The summed E-state index contributed by atoms with van der Waals surface area (Å²) < 4.78 is 30.4. The second kappa shape index (κ2) is 1.81. The van der Waals surface area contributed by atoms with E-state index in [1.165, 1.54) is 0 Å². The molecule has 1 nitrogen and oxygen atoms in total. The molecule has 0 saturated carbocycles. The summed E-state index contributed by atoms with van der Waals surface area (Å²) in [5.41, 5.74) is 0. The zero-order chi connectivity index (χ0) is 6.08. The molecule has 0 bridgehead atoms. The largest absolute Gasteiger partial charge is 0.461 e. The van der Waals surface area contributed by atoms with Crippen LogP contribution in [0.25, 0.3) is 0 Å². The zero-order valence-corrected chi connectivity index (χ0v) is 4.51. The summed E-state index contributed by atoms with van der Waals surface area (Å²) in [4.78, 5) is 9.26. The molecule has 0 atom stereocenters. The minimum Gasteiger partial charge on any atom is -0.276 e. The number of halogens is 4. The first-order valence-electron chi connectivity index (χ1n) is 1.21. The Morgan fingerprint density at radius 3 is 1.57 bits per heavy atom. The van der Waals surface area contributed by atoms with Gasteiger partial charge in [0, 0.05) is 15.9 Å². The quantitative estimate of drug-likeness (QED) is 0.512. The highest BCUT2D eigenvalue weighted by Gasteiger charge is 2.35. The number of alkyl halides is 3. The summed E-state index contributed by atoms with van der Waals surface area (Å²) in [5.74, 6) is 0. The van der Waals surface area contributed by atoms with Gasteiger partial charge in [-0.05, 0) is 0 Å². The number of rotatable bonds is 0. The predicted octanol–water partition coefficient (Wildman–Crippen LogP) is 1.47. The van der Waals surface area contributed by atoms with Crippen LogP contribution in [0.2, 0.25) is 0 Å². The zero-order valence-electron chi connectivity index (χ0n) is 2.92. The molecule has 0 aliphatic rings. The van der Waals surface area contributed by atoms with Crippen LogP contribution in [0.4, 0.5) is 13.2 Å². The number of hydrogen-bond donors (Lipinski definition) is 0. The summed E-state index contributed by atoms with van der Waals surface area (Å²) in [6, 6.07) is 0. The lowest BCUT2D eigenvalue weighted by atomic mass is 10.8. The van der Waals surface area contributed by atoms with Gasteiger partial charge in [0.05, 0.1) is 0 Å². The maximum absolute atomic E-state index is 10.8. The van der Waals surface area contributed by atoms with Crippen molar-refractivity contribution in [2.24, 2.45) is 0 Å². The van der Waals surface area contributed by atoms with Crippen molar-refractivity contribution in [2.75, 3.05) is 0 Å². The van der Waals surface area contributed by atoms with Gasteiger partial charge in [-0.1, -0.05) is 0 Å². The lowest BCUT2D eigenvalue weighted by molar-refractivity contribution is -0.159. The van der Waals surface area contributed by atoms with Gasteiger partial charge in [-0.3, -0.25) is 4.79 Å². The summed E-state index contributed by atoms with van der Waals surface area (Å²) >= 11 is 1.73. The van der Waals surface area contributed by atoms with Crippen LogP contribution in [0.15, 0.2) is 0 Å². The van der Waals surface area contributed by atoms with Crippen LogP contribution in [0, 0.1) is 0 Å². The van der Waals surface area contributed by atoms with Gasteiger partial charge in [0.25, 0.3) is 0 Å². The van der Waals surface area contributed by atoms with E-state index in [0.717, 1.165) is 0 Å². The fourth-order valence-corrected chi connectivity index (χ4v) is 0. The van der Waals surface area contributed by atoms with E-state index in [1.807, 2.05) is 0 Å². The van der Waals surface area contributed by atoms with Gasteiger partial charge in [-0.2, -0.15) is 13.2 Å². The molecule has 0 rings (SSSR count). The van der Waals surface area contributed by atoms with E-state index < -0.39 is 10.9 Å². The Labute approximate surface area is 45.6 Å². The molecule has 0 saturated heterocycles. The lowest BCUT2D eigenvalue weighted by Crippen LogP contribution is -2.15. The maximum Gasteiger partial charge on any atom is 0.461 e. The van der Waals surface area contributed by atoms with E-state index in [1.54, 1.807) is 15.9 Å². The molecular weight excluding hydrogens is 177 g/mol. The maximum atomic E-state index is 10.8. The van der Waals surface area contributed by atoms with E-state index >= 15 is 0 Å².